The molecular formula is C37H72N2O. The van der Waals surface area contributed by atoms with Gasteiger partial charge in [0.2, 0.25) is 5.91 Å². The van der Waals surface area contributed by atoms with E-state index in [1.54, 1.807) is 0 Å². The number of amides is 1. The van der Waals surface area contributed by atoms with Gasteiger partial charge in [-0.1, -0.05) is 130 Å². The van der Waals surface area contributed by atoms with Crippen LogP contribution in [0.5, 0.6) is 0 Å². The van der Waals surface area contributed by atoms with Gasteiger partial charge in [0.15, 0.2) is 0 Å². The van der Waals surface area contributed by atoms with Gasteiger partial charge in [0, 0.05) is 19.0 Å². The van der Waals surface area contributed by atoms with E-state index in [4.69, 9.17) is 0 Å². The maximum Gasteiger partial charge on any atom is 0.225 e. The predicted molar refractivity (Wildman–Crippen MR) is 176 cm³/mol. The van der Waals surface area contributed by atoms with Crippen LogP contribution in [-0.4, -0.2) is 48.4 Å². The Morgan fingerprint density at radius 3 is 1.52 bits per heavy atom. The van der Waals surface area contributed by atoms with Crippen molar-refractivity contribution in [2.75, 3.05) is 32.7 Å². The quantitative estimate of drug-likeness (QED) is 0.116. The first-order valence-electron chi connectivity index (χ1n) is 18.6. The molecule has 1 amide bonds. The zero-order chi connectivity index (χ0) is 28.9. The number of hydrogen-bond acceptors (Lipinski definition) is 2. The van der Waals surface area contributed by atoms with Gasteiger partial charge in [-0.3, -0.25) is 4.79 Å². The molecule has 0 aliphatic carbocycles. The van der Waals surface area contributed by atoms with Gasteiger partial charge in [-0.05, 0) is 82.3 Å². The smallest absolute Gasteiger partial charge is 0.225 e. The largest absolute Gasteiger partial charge is 0.342 e. The average Bonchev–Trinajstić information content (AvgIpc) is 2.97. The summed E-state index contributed by atoms with van der Waals surface area (Å²) in [6.45, 7) is 15.2. The predicted octanol–water partition coefficient (Wildman–Crippen LogP) is 10.8. The molecule has 40 heavy (non-hydrogen) atoms. The number of hydrogen-bond donors (Lipinski definition) is 0. The highest BCUT2D eigenvalue weighted by Crippen LogP contribution is 2.42. The molecule has 2 aliphatic rings. The first-order valence-corrected chi connectivity index (χ1v) is 18.6. The lowest BCUT2D eigenvalue weighted by molar-refractivity contribution is -0.139. The van der Waals surface area contributed by atoms with E-state index in [-0.39, 0.29) is 5.92 Å². The summed E-state index contributed by atoms with van der Waals surface area (Å²) < 4.78 is 0. The van der Waals surface area contributed by atoms with Crippen LogP contribution in [0.25, 0.3) is 0 Å². The second-order valence-electron chi connectivity index (χ2n) is 14.1. The van der Waals surface area contributed by atoms with Crippen molar-refractivity contribution >= 4 is 5.91 Å². The van der Waals surface area contributed by atoms with Crippen molar-refractivity contribution in [2.24, 2.45) is 17.3 Å². The molecule has 0 saturated carbocycles. The lowest BCUT2D eigenvalue weighted by atomic mass is 9.71. The third kappa shape index (κ3) is 14.1. The molecular weight excluding hydrogens is 488 g/mol. The van der Waals surface area contributed by atoms with Crippen molar-refractivity contribution < 1.29 is 4.79 Å². The molecule has 0 aromatic rings. The average molecular weight is 561 g/mol. The Bertz CT molecular complexity index is 591. The van der Waals surface area contributed by atoms with E-state index in [2.05, 4.69) is 37.5 Å². The number of carbonyl (C=O) groups is 1. The Morgan fingerprint density at radius 2 is 0.975 bits per heavy atom. The molecule has 0 radical (unpaired) electrons. The van der Waals surface area contributed by atoms with E-state index in [9.17, 15) is 4.79 Å². The first kappa shape index (κ1) is 35.6. The zero-order valence-corrected chi connectivity index (χ0v) is 28.0. The Morgan fingerprint density at radius 1 is 0.550 bits per heavy atom. The second-order valence-corrected chi connectivity index (χ2v) is 14.1. The fraction of sp³-hybridized carbons (Fsp3) is 0.973. The fourth-order valence-electron chi connectivity index (χ4n) is 7.64. The van der Waals surface area contributed by atoms with E-state index in [0.717, 1.165) is 31.8 Å². The molecule has 2 heterocycles. The van der Waals surface area contributed by atoms with Gasteiger partial charge < -0.3 is 9.80 Å². The number of unbranched alkanes of at least 4 members (excludes halogenated alkanes) is 10. The summed E-state index contributed by atoms with van der Waals surface area (Å²) >= 11 is 0. The highest BCUT2D eigenvalue weighted by Gasteiger charge is 2.39. The Labute approximate surface area is 252 Å². The van der Waals surface area contributed by atoms with Crippen LogP contribution in [0, 0.1) is 17.3 Å². The van der Waals surface area contributed by atoms with Crippen LogP contribution in [-0.2, 0) is 4.79 Å². The molecule has 0 N–H and O–H groups in total. The maximum atomic E-state index is 13.6. The number of rotatable bonds is 23. The molecule has 0 bridgehead atoms. The van der Waals surface area contributed by atoms with Crippen molar-refractivity contribution in [3.05, 3.63) is 0 Å². The molecule has 3 heteroatoms. The molecule has 1 atom stereocenters. The first-order chi connectivity index (χ1) is 19.6. The van der Waals surface area contributed by atoms with Crippen molar-refractivity contribution in [3.8, 4) is 0 Å². The van der Waals surface area contributed by atoms with Gasteiger partial charge in [0.1, 0.15) is 0 Å². The van der Waals surface area contributed by atoms with Crippen molar-refractivity contribution in [3.63, 3.8) is 0 Å². The highest BCUT2D eigenvalue weighted by molar-refractivity contribution is 5.79. The van der Waals surface area contributed by atoms with Gasteiger partial charge in [0.25, 0.3) is 0 Å². The number of piperidine rings is 2. The topological polar surface area (TPSA) is 23.6 Å². The molecule has 0 aromatic heterocycles. The third-order valence-corrected chi connectivity index (χ3v) is 10.7. The second kappa shape index (κ2) is 22.0. The lowest BCUT2D eigenvalue weighted by Crippen LogP contribution is -2.49. The van der Waals surface area contributed by atoms with Crippen molar-refractivity contribution in [2.45, 2.75) is 182 Å². The molecule has 1 unspecified atom stereocenters. The minimum Gasteiger partial charge on any atom is -0.342 e. The number of nitrogens with zero attached hydrogens (tertiary/aromatic N) is 2. The monoisotopic (exact) mass is 561 g/mol. The summed E-state index contributed by atoms with van der Waals surface area (Å²) in [5.74, 6) is 1.77. The zero-order valence-electron chi connectivity index (χ0n) is 28.0. The summed E-state index contributed by atoms with van der Waals surface area (Å²) in [5.41, 5.74) is 0.522. The van der Waals surface area contributed by atoms with E-state index >= 15 is 0 Å². The summed E-state index contributed by atoms with van der Waals surface area (Å²) in [7, 11) is 0. The van der Waals surface area contributed by atoms with E-state index in [1.807, 2.05) is 0 Å². The van der Waals surface area contributed by atoms with Crippen LogP contribution < -0.4 is 0 Å². The minimum absolute atomic E-state index is 0.289. The van der Waals surface area contributed by atoms with Gasteiger partial charge in [-0.2, -0.15) is 0 Å². The van der Waals surface area contributed by atoms with E-state index in [0.29, 0.717) is 11.3 Å². The summed E-state index contributed by atoms with van der Waals surface area (Å²) in [6, 6.07) is 0. The summed E-state index contributed by atoms with van der Waals surface area (Å²) in [5, 5.41) is 0. The third-order valence-electron chi connectivity index (χ3n) is 10.7. The standard InChI is InChI=1S/C37H72N2O/c1-5-9-13-14-18-24-35(23-17-12-8-4)36(40)39-32-27-37(28-33-39)25-30-38(31-26-37)29-19-22-34(20-15-10-6-2)21-16-11-7-3/h34-35H,5-33H2,1-4H3. The normalized spacial score (nSPS) is 18.6. The summed E-state index contributed by atoms with van der Waals surface area (Å²) in [6.07, 6.45) is 32.0. The van der Waals surface area contributed by atoms with E-state index in [1.165, 1.54) is 161 Å². The van der Waals surface area contributed by atoms with Crippen LogP contribution in [0.4, 0.5) is 0 Å². The van der Waals surface area contributed by atoms with Gasteiger partial charge >= 0.3 is 0 Å². The van der Waals surface area contributed by atoms with Crippen LogP contribution >= 0.6 is 0 Å². The lowest BCUT2D eigenvalue weighted by Gasteiger charge is -2.47. The van der Waals surface area contributed by atoms with Gasteiger partial charge in [-0.25, -0.2) is 0 Å². The molecule has 0 aromatic carbocycles. The molecule has 2 saturated heterocycles. The Balaban J connectivity index is 1.72. The molecule has 2 fully saturated rings. The van der Waals surface area contributed by atoms with Crippen LogP contribution in [0.2, 0.25) is 0 Å². The van der Waals surface area contributed by atoms with Crippen molar-refractivity contribution in [1.82, 2.24) is 9.80 Å². The maximum absolute atomic E-state index is 13.6. The fourth-order valence-corrected chi connectivity index (χ4v) is 7.64. The number of likely N-dealkylation sites (tertiary alicyclic amines) is 2. The molecule has 236 valence electrons. The van der Waals surface area contributed by atoms with Gasteiger partial charge in [-0.15, -0.1) is 0 Å². The summed E-state index contributed by atoms with van der Waals surface area (Å²) in [4.78, 5) is 18.7. The van der Waals surface area contributed by atoms with Gasteiger partial charge in [0.05, 0.1) is 0 Å². The SMILES string of the molecule is CCCCCCCC(CCCCC)C(=O)N1CCC2(CCN(CCCC(CCCCC)CCCCC)CC2)CC1. The number of carbonyl (C=O) groups excluding carboxylic acids is 1. The molecule has 2 rings (SSSR count). The van der Waals surface area contributed by atoms with Crippen LogP contribution in [0.3, 0.4) is 0 Å². The molecule has 2 aliphatic heterocycles. The highest BCUT2D eigenvalue weighted by atomic mass is 16.2. The molecule has 3 nitrogen and oxygen atoms in total. The Hall–Kier alpha value is -0.570. The van der Waals surface area contributed by atoms with Crippen LogP contribution in [0.1, 0.15) is 182 Å². The minimum atomic E-state index is 0.289. The van der Waals surface area contributed by atoms with Crippen molar-refractivity contribution in [1.29, 1.82) is 0 Å². The van der Waals surface area contributed by atoms with Crippen LogP contribution in [0.15, 0.2) is 0 Å². The van der Waals surface area contributed by atoms with E-state index < -0.39 is 0 Å². The Kier molecular flexibility index (Phi) is 19.6. The molecule has 1 spiro atoms.